The third-order valence-corrected chi connectivity index (χ3v) is 16.4. The zero-order valence-electron chi connectivity index (χ0n) is 30.0. The monoisotopic (exact) mass is 627 g/mol. The van der Waals surface area contributed by atoms with E-state index in [1.165, 1.54) is 42.4 Å². The lowest BCUT2D eigenvalue weighted by molar-refractivity contribution is -0.248. The quantitative estimate of drug-likeness (QED) is 0.267. The van der Waals surface area contributed by atoms with E-state index in [1.807, 2.05) is 0 Å². The predicted octanol–water partition coefficient (Wildman–Crippen LogP) is 9.77. The second-order valence-electron chi connectivity index (χ2n) is 18.4. The molecular weight excluding hydrogens is 566 g/mol. The fourth-order valence-corrected chi connectivity index (χ4v) is 14.1. The van der Waals surface area contributed by atoms with Crippen LogP contribution in [0.1, 0.15) is 143 Å². The van der Waals surface area contributed by atoms with Crippen molar-refractivity contribution in [2.24, 2.45) is 56.7 Å². The molecule has 1 aromatic carbocycles. The average molecular weight is 628 g/mol. The van der Waals surface area contributed by atoms with Crippen LogP contribution in [0.15, 0.2) is 36.4 Å². The van der Waals surface area contributed by atoms with Gasteiger partial charge in [0.2, 0.25) is 5.91 Å². The molecule has 5 saturated carbocycles. The third kappa shape index (κ3) is 4.42. The van der Waals surface area contributed by atoms with Gasteiger partial charge in [-0.25, -0.2) is 0 Å². The zero-order chi connectivity index (χ0) is 32.9. The fourth-order valence-electron chi connectivity index (χ4n) is 14.1. The van der Waals surface area contributed by atoms with Gasteiger partial charge in [0.15, 0.2) is 0 Å². The van der Waals surface area contributed by atoms with Crippen molar-refractivity contribution in [3.05, 3.63) is 47.5 Å². The van der Waals surface area contributed by atoms with Gasteiger partial charge < -0.3 is 10.1 Å². The first-order chi connectivity index (χ1) is 21.7. The average Bonchev–Trinajstić information content (AvgIpc) is 3.40. The third-order valence-electron chi connectivity index (χ3n) is 16.4. The minimum absolute atomic E-state index is 0.0131. The van der Waals surface area contributed by atoms with Crippen LogP contribution in [0.25, 0.3) is 0 Å². The van der Waals surface area contributed by atoms with Crippen molar-refractivity contribution in [3.8, 4) is 0 Å². The molecule has 0 bridgehead atoms. The van der Waals surface area contributed by atoms with E-state index in [0.29, 0.717) is 35.5 Å². The highest BCUT2D eigenvalue weighted by atomic mass is 16.5. The fraction of sp³-hybridized carbons (Fsp3) is 0.762. The molecule has 46 heavy (non-hydrogen) atoms. The molecular formula is C42H61NO3. The molecule has 5 unspecified atom stereocenters. The molecule has 0 radical (unpaired) electrons. The maximum absolute atomic E-state index is 14.8. The number of ether oxygens (including phenoxy) is 1. The largest absolute Gasteiger partial charge is 0.462 e. The number of hydrogen-bond donors (Lipinski definition) is 1. The van der Waals surface area contributed by atoms with E-state index in [4.69, 9.17) is 4.74 Å². The van der Waals surface area contributed by atoms with Gasteiger partial charge in [-0.3, -0.25) is 9.59 Å². The first-order valence-electron chi connectivity index (χ1n) is 18.9. The molecule has 0 aromatic heterocycles. The Morgan fingerprint density at radius 2 is 1.59 bits per heavy atom. The van der Waals surface area contributed by atoms with Crippen LogP contribution < -0.4 is 5.32 Å². The molecule has 0 saturated heterocycles. The normalized spacial score (nSPS) is 45.6. The molecule has 0 heterocycles. The summed E-state index contributed by atoms with van der Waals surface area (Å²) < 4.78 is 5.97. The topological polar surface area (TPSA) is 55.4 Å². The Bertz CT molecular complexity index is 1410. The van der Waals surface area contributed by atoms with Crippen LogP contribution in [0.2, 0.25) is 0 Å². The van der Waals surface area contributed by atoms with Crippen LogP contribution in [0.4, 0.5) is 0 Å². The van der Waals surface area contributed by atoms with Gasteiger partial charge in [-0.15, -0.1) is 0 Å². The van der Waals surface area contributed by atoms with Crippen LogP contribution in [0.3, 0.4) is 0 Å². The summed E-state index contributed by atoms with van der Waals surface area (Å²) in [6.07, 6.45) is 14.6. The summed E-state index contributed by atoms with van der Waals surface area (Å²) >= 11 is 0. The number of fused-ring (bicyclic) bond motifs is 8. The molecule has 0 aliphatic heterocycles. The van der Waals surface area contributed by atoms with E-state index in [2.05, 4.69) is 77.7 Å². The van der Waals surface area contributed by atoms with E-state index < -0.39 is 0 Å². The second-order valence-corrected chi connectivity index (χ2v) is 18.4. The highest BCUT2D eigenvalue weighted by Crippen LogP contribution is 2.77. The summed E-state index contributed by atoms with van der Waals surface area (Å²) in [5.74, 6) is 2.77. The molecule has 5 fully saturated rings. The molecule has 6 aliphatic rings. The number of aryl methyl sites for hydroxylation is 1. The lowest BCUT2D eigenvalue weighted by atomic mass is 9.32. The minimum atomic E-state index is -0.283. The van der Waals surface area contributed by atoms with Crippen LogP contribution >= 0.6 is 0 Å². The molecule has 1 amide bonds. The van der Waals surface area contributed by atoms with Crippen molar-refractivity contribution in [1.29, 1.82) is 0 Å². The summed E-state index contributed by atoms with van der Waals surface area (Å²) in [5.41, 5.74) is 4.42. The van der Waals surface area contributed by atoms with Crippen LogP contribution in [0, 0.1) is 56.7 Å². The van der Waals surface area contributed by atoms with E-state index in [-0.39, 0.29) is 45.2 Å². The van der Waals surface area contributed by atoms with Crippen molar-refractivity contribution in [2.75, 3.05) is 0 Å². The number of benzene rings is 1. The molecule has 252 valence electrons. The number of allylic oxidation sites excluding steroid dienone is 1. The molecule has 0 spiro atoms. The Morgan fingerprint density at radius 3 is 2.33 bits per heavy atom. The number of nitrogens with one attached hydrogen (secondary N) is 1. The Hall–Kier alpha value is -2.10. The van der Waals surface area contributed by atoms with Crippen LogP contribution in [-0.2, 0) is 20.7 Å². The number of carbonyl (C=O) groups excluding carboxylic acids is 2. The van der Waals surface area contributed by atoms with Crippen molar-refractivity contribution in [3.63, 3.8) is 0 Å². The van der Waals surface area contributed by atoms with Gasteiger partial charge in [0, 0.05) is 12.3 Å². The van der Waals surface area contributed by atoms with Crippen molar-refractivity contribution >= 4 is 11.9 Å². The van der Waals surface area contributed by atoms with Crippen molar-refractivity contribution < 1.29 is 14.3 Å². The molecule has 1 N–H and O–H groups in total. The number of amides is 1. The van der Waals surface area contributed by atoms with Gasteiger partial charge in [-0.1, -0.05) is 71.0 Å². The lowest BCUT2D eigenvalue weighted by Crippen LogP contribution is -2.67. The summed E-state index contributed by atoms with van der Waals surface area (Å²) in [6.45, 7) is 21.1. The summed E-state index contributed by atoms with van der Waals surface area (Å²) in [4.78, 5) is 26.9. The van der Waals surface area contributed by atoms with E-state index in [0.717, 1.165) is 57.8 Å². The maximum atomic E-state index is 14.8. The van der Waals surface area contributed by atoms with E-state index in [9.17, 15) is 9.59 Å². The first kappa shape index (κ1) is 32.4. The Kier molecular flexibility index (Phi) is 7.73. The van der Waals surface area contributed by atoms with E-state index in [1.54, 1.807) is 6.92 Å². The molecule has 1 aromatic rings. The van der Waals surface area contributed by atoms with Crippen LogP contribution in [0.5, 0.6) is 0 Å². The van der Waals surface area contributed by atoms with Crippen molar-refractivity contribution in [2.45, 2.75) is 144 Å². The number of hydrogen-bond acceptors (Lipinski definition) is 3. The van der Waals surface area contributed by atoms with Crippen LogP contribution in [-0.4, -0.2) is 18.0 Å². The highest BCUT2D eigenvalue weighted by Gasteiger charge is 2.72. The molecule has 7 rings (SSSR count). The Balaban J connectivity index is 1.21. The van der Waals surface area contributed by atoms with Gasteiger partial charge in [0.05, 0.1) is 11.5 Å². The predicted molar refractivity (Wildman–Crippen MR) is 185 cm³/mol. The van der Waals surface area contributed by atoms with Gasteiger partial charge in [0.25, 0.3) is 0 Å². The smallest absolute Gasteiger partial charge is 0.302 e. The first-order valence-corrected chi connectivity index (χ1v) is 18.9. The van der Waals surface area contributed by atoms with Gasteiger partial charge in [-0.2, -0.15) is 0 Å². The van der Waals surface area contributed by atoms with Crippen molar-refractivity contribution in [1.82, 2.24) is 5.32 Å². The standard InChI is InChI=1S/C42H61NO3/c1-26(2)29-18-23-42(37(45)43-32-15-11-13-28-12-9-10-14-30(28)32)25-24-40(7)31(36(29)42)16-17-34-39(6)21-20-35(46-27(3)44)38(4,5)33(39)19-22-41(34,40)8/h9-10,12,14,29,31-36H,1,11,13,15-25H2,2-8H3,(H,43,45)/t29-,31?,32?,33?,34?,35-,36?,39-,40+,41+,42-/m0/s1. The number of carbonyl (C=O) groups is 2. The summed E-state index contributed by atoms with van der Waals surface area (Å²) in [5, 5.41) is 3.71. The van der Waals surface area contributed by atoms with E-state index >= 15 is 0 Å². The highest BCUT2D eigenvalue weighted by molar-refractivity contribution is 5.84. The molecule has 11 atom stereocenters. The SMILES string of the molecule is C=C(C)[C@@H]1CC[C@]2(C(=O)NC3CCCc4ccccc43)CC[C@]3(C)C(CCC4[C@@]5(C)CC[C@H](OC(C)=O)C(C)(C)C5CC[C@]43C)C12. The zero-order valence-corrected chi connectivity index (χ0v) is 30.0. The summed E-state index contributed by atoms with van der Waals surface area (Å²) in [7, 11) is 0. The van der Waals surface area contributed by atoms with Gasteiger partial charge in [-0.05, 0) is 147 Å². The van der Waals surface area contributed by atoms with Gasteiger partial charge >= 0.3 is 5.97 Å². The Morgan fingerprint density at radius 1 is 0.826 bits per heavy atom. The maximum Gasteiger partial charge on any atom is 0.302 e. The number of esters is 1. The summed E-state index contributed by atoms with van der Waals surface area (Å²) in [6, 6.07) is 8.93. The number of rotatable bonds is 4. The van der Waals surface area contributed by atoms with Gasteiger partial charge in [0.1, 0.15) is 6.10 Å². The minimum Gasteiger partial charge on any atom is -0.462 e. The molecule has 4 heteroatoms. The lowest BCUT2D eigenvalue weighted by Gasteiger charge is -2.72. The second kappa shape index (κ2) is 11.0. The molecule has 4 nitrogen and oxygen atoms in total. The Labute approximate surface area is 279 Å². The molecule has 6 aliphatic carbocycles.